The van der Waals surface area contributed by atoms with E-state index in [9.17, 15) is 19.6 Å². The molecule has 0 saturated carbocycles. The molecule has 16 heavy (non-hydrogen) atoms. The van der Waals surface area contributed by atoms with Gasteiger partial charge in [0.1, 0.15) is 18.3 Å². The van der Waals surface area contributed by atoms with Crippen LogP contribution in [-0.4, -0.2) is 71.9 Å². The van der Waals surface area contributed by atoms with Crippen molar-refractivity contribution in [2.24, 2.45) is 0 Å². The number of hydrogen-bond acceptors (Lipinski definition) is 7. The number of aldehydes is 1. The van der Waals surface area contributed by atoms with Gasteiger partial charge < -0.3 is 35.3 Å². The molecule has 96 valence electrons. The number of aliphatic hydroxyl groups is 5. The number of carbonyl (C=O) groups is 1. The number of carbonyl (C=O) groups excluding carboxylic acids is 1. The molecular formula is C6H13O9P. The van der Waals surface area contributed by atoms with Crippen molar-refractivity contribution in [1.82, 2.24) is 0 Å². The molecule has 0 aliphatic heterocycles. The highest BCUT2D eigenvalue weighted by atomic mass is 31.2. The smallest absolute Gasteiger partial charge is 0.367 e. The lowest BCUT2D eigenvalue weighted by molar-refractivity contribution is -0.148. The summed E-state index contributed by atoms with van der Waals surface area (Å²) in [6.45, 7) is -1.03. The monoisotopic (exact) mass is 260 g/mol. The second-order valence-electron chi connectivity index (χ2n) is 3.13. The lowest BCUT2D eigenvalue weighted by atomic mass is 10.0. The molecule has 0 heterocycles. The summed E-state index contributed by atoms with van der Waals surface area (Å²) in [5, 5.41) is 41.2. The third-order valence-electron chi connectivity index (χ3n) is 1.98. The highest BCUT2D eigenvalue weighted by Crippen LogP contribution is 2.50. The van der Waals surface area contributed by atoms with Gasteiger partial charge in [0.2, 0.25) is 5.34 Å². The van der Waals surface area contributed by atoms with Crippen LogP contribution < -0.4 is 0 Å². The summed E-state index contributed by atoms with van der Waals surface area (Å²) in [5.41, 5.74) is 0. The first kappa shape index (κ1) is 15.6. The summed E-state index contributed by atoms with van der Waals surface area (Å²) < 4.78 is 10.7. The van der Waals surface area contributed by atoms with Crippen LogP contribution in [0.2, 0.25) is 0 Å². The first-order valence-corrected chi connectivity index (χ1v) is 5.62. The van der Waals surface area contributed by atoms with Crippen molar-refractivity contribution in [3.63, 3.8) is 0 Å². The molecule has 0 aromatic rings. The van der Waals surface area contributed by atoms with Crippen LogP contribution in [0.4, 0.5) is 0 Å². The Labute approximate surface area is 89.7 Å². The molecule has 9 nitrogen and oxygen atoms in total. The van der Waals surface area contributed by atoms with Crippen LogP contribution >= 0.6 is 7.60 Å². The van der Waals surface area contributed by atoms with E-state index in [4.69, 9.17) is 25.1 Å². The lowest BCUT2D eigenvalue weighted by Gasteiger charge is -2.32. The van der Waals surface area contributed by atoms with Crippen LogP contribution in [0.5, 0.6) is 0 Å². The van der Waals surface area contributed by atoms with Crippen molar-refractivity contribution >= 4 is 13.9 Å². The molecule has 7 N–H and O–H groups in total. The fourth-order valence-corrected chi connectivity index (χ4v) is 1.52. The molecule has 0 rings (SSSR count). The van der Waals surface area contributed by atoms with Crippen molar-refractivity contribution < 1.29 is 44.7 Å². The summed E-state index contributed by atoms with van der Waals surface area (Å²) in [6, 6.07) is 0. The predicted molar refractivity (Wildman–Crippen MR) is 48.2 cm³/mol. The lowest BCUT2D eigenvalue weighted by Crippen LogP contribution is -2.54. The Morgan fingerprint density at radius 3 is 1.94 bits per heavy atom. The molecule has 0 radical (unpaired) electrons. The van der Waals surface area contributed by atoms with Crippen LogP contribution in [0.3, 0.4) is 0 Å². The molecule has 0 aliphatic carbocycles. The predicted octanol–water partition coefficient (Wildman–Crippen LogP) is -3.87. The van der Waals surface area contributed by atoms with Crippen molar-refractivity contribution in [3.05, 3.63) is 0 Å². The van der Waals surface area contributed by atoms with Gasteiger partial charge in [0, 0.05) is 0 Å². The fraction of sp³-hybridized carbons (Fsp3) is 0.833. The molecule has 10 heteroatoms. The molecule has 0 saturated heterocycles. The molecular weight excluding hydrogens is 247 g/mol. The Kier molecular flexibility index (Phi) is 5.17. The molecule has 0 amide bonds. The maximum absolute atomic E-state index is 10.7. The van der Waals surface area contributed by atoms with Crippen LogP contribution in [0.15, 0.2) is 0 Å². The van der Waals surface area contributed by atoms with Gasteiger partial charge in [0.15, 0.2) is 6.29 Å². The van der Waals surface area contributed by atoms with E-state index in [-0.39, 0.29) is 0 Å². The largest absolute Gasteiger partial charge is 0.394 e. The second kappa shape index (κ2) is 5.30. The van der Waals surface area contributed by atoms with Gasteiger partial charge in [-0.25, -0.2) is 0 Å². The van der Waals surface area contributed by atoms with Crippen molar-refractivity contribution in [1.29, 1.82) is 0 Å². The van der Waals surface area contributed by atoms with E-state index in [1.165, 1.54) is 0 Å². The Balaban J connectivity index is 5.13. The third-order valence-corrected chi connectivity index (χ3v) is 3.28. The molecule has 0 aromatic carbocycles. The average Bonchev–Trinajstić information content (AvgIpc) is 2.22. The number of aliphatic hydroxyl groups excluding tert-OH is 4. The Bertz CT molecular complexity index is 288. The molecule has 0 fully saturated rings. The van der Waals surface area contributed by atoms with Crippen LogP contribution in [0, 0.1) is 0 Å². The normalized spacial score (nSPS) is 21.9. The minimum atomic E-state index is -5.46. The SMILES string of the molecule is O=C[C@](O)([C@@H](O)[C@H](O)[C@H](O)CO)P(=O)(O)O. The topological polar surface area (TPSA) is 176 Å². The zero-order valence-corrected chi connectivity index (χ0v) is 8.81. The summed E-state index contributed by atoms with van der Waals surface area (Å²) in [4.78, 5) is 27.6. The number of hydrogen-bond donors (Lipinski definition) is 7. The van der Waals surface area contributed by atoms with Gasteiger partial charge in [-0.2, -0.15) is 0 Å². The fourth-order valence-electron chi connectivity index (χ4n) is 0.880. The van der Waals surface area contributed by atoms with Crippen LogP contribution in [-0.2, 0) is 9.36 Å². The average molecular weight is 260 g/mol. The Morgan fingerprint density at radius 2 is 1.69 bits per heavy atom. The van der Waals surface area contributed by atoms with Crippen molar-refractivity contribution in [2.75, 3.05) is 6.61 Å². The third kappa shape index (κ3) is 2.84. The summed E-state index contributed by atoms with van der Waals surface area (Å²) in [6.07, 6.45) is -7.54. The summed E-state index contributed by atoms with van der Waals surface area (Å²) in [5.74, 6) is 0. The maximum Gasteiger partial charge on any atom is 0.367 e. The van der Waals surface area contributed by atoms with Crippen molar-refractivity contribution in [3.8, 4) is 0 Å². The minimum absolute atomic E-state index is 0.633. The molecule has 0 unspecified atom stereocenters. The molecule has 0 aliphatic rings. The summed E-state index contributed by atoms with van der Waals surface area (Å²) in [7, 11) is -5.46. The standard InChI is InChI=1S/C6H13O9P/c7-1-3(9)4(10)5(11)6(12,2-8)16(13,14)15/h2-5,7,9-12H,1H2,(H2,13,14,15)/t3-,4-,5+,6-/m1/s1. The Morgan fingerprint density at radius 1 is 1.25 bits per heavy atom. The van der Waals surface area contributed by atoms with Crippen molar-refractivity contribution in [2.45, 2.75) is 23.7 Å². The van der Waals surface area contributed by atoms with E-state index < -0.39 is 44.1 Å². The van der Waals surface area contributed by atoms with E-state index in [0.29, 0.717) is 0 Å². The maximum atomic E-state index is 10.7. The Hall–Kier alpha value is -0.380. The van der Waals surface area contributed by atoms with E-state index in [0.717, 1.165) is 0 Å². The van der Waals surface area contributed by atoms with Gasteiger partial charge in [-0.05, 0) is 0 Å². The summed E-state index contributed by atoms with van der Waals surface area (Å²) >= 11 is 0. The van der Waals surface area contributed by atoms with E-state index in [2.05, 4.69) is 0 Å². The minimum Gasteiger partial charge on any atom is -0.394 e. The van der Waals surface area contributed by atoms with E-state index in [1.807, 2.05) is 0 Å². The number of rotatable bonds is 6. The van der Waals surface area contributed by atoms with Crippen LogP contribution in [0.1, 0.15) is 0 Å². The van der Waals surface area contributed by atoms with E-state index in [1.54, 1.807) is 0 Å². The van der Waals surface area contributed by atoms with Gasteiger partial charge in [-0.3, -0.25) is 9.36 Å². The molecule has 0 aromatic heterocycles. The first-order valence-electron chi connectivity index (χ1n) is 4.01. The van der Waals surface area contributed by atoms with Gasteiger partial charge in [0.25, 0.3) is 0 Å². The second-order valence-corrected chi connectivity index (χ2v) is 4.93. The molecule has 0 bridgehead atoms. The van der Waals surface area contributed by atoms with Gasteiger partial charge >= 0.3 is 7.60 Å². The van der Waals surface area contributed by atoms with Crippen LogP contribution in [0.25, 0.3) is 0 Å². The zero-order chi connectivity index (χ0) is 13.1. The molecule has 0 spiro atoms. The highest BCUT2D eigenvalue weighted by Gasteiger charge is 2.55. The van der Waals surface area contributed by atoms with Gasteiger partial charge in [-0.1, -0.05) is 0 Å². The zero-order valence-electron chi connectivity index (χ0n) is 7.91. The van der Waals surface area contributed by atoms with Gasteiger partial charge in [0.05, 0.1) is 6.61 Å². The highest BCUT2D eigenvalue weighted by molar-refractivity contribution is 7.54. The molecule has 4 atom stereocenters. The van der Waals surface area contributed by atoms with Gasteiger partial charge in [-0.15, -0.1) is 0 Å². The van der Waals surface area contributed by atoms with E-state index >= 15 is 0 Å². The quantitative estimate of drug-likeness (QED) is 0.186. The first-order chi connectivity index (χ1) is 7.11.